The number of benzene rings is 1. The quantitative estimate of drug-likeness (QED) is 0.189. The second-order valence-corrected chi connectivity index (χ2v) is 10.8. The minimum absolute atomic E-state index is 0.0000808. The van der Waals surface area contributed by atoms with Crippen molar-refractivity contribution in [2.24, 2.45) is 17.6 Å². The highest BCUT2D eigenvalue weighted by molar-refractivity contribution is 6.02. The number of carbonyl (C=O) groups excluding carboxylic acids is 3. The Morgan fingerprint density at radius 3 is 2.13 bits per heavy atom. The van der Waals surface area contributed by atoms with Crippen molar-refractivity contribution in [3.63, 3.8) is 0 Å². The Labute approximate surface area is 225 Å². The standard InChI is InChI=1S/C28H43N7O3/c1-18(29)35-15-13-22(14-16-35)32-27(37)24(20-7-5-4-6-8-20)33-26(36)23(28(38)34(2)3)17-19-9-11-21(12-10-19)25(30)31/h9-12,20,22-24,29H,4-8,13-17H2,1-3H3,(H3,30,31)(H,32,37)(H,33,36)/t23?,24-/m0/s1. The van der Waals surface area contributed by atoms with Crippen molar-refractivity contribution in [3.8, 4) is 0 Å². The maximum atomic E-state index is 13.6. The van der Waals surface area contributed by atoms with E-state index in [0.717, 1.165) is 63.6 Å². The van der Waals surface area contributed by atoms with Crippen molar-refractivity contribution >= 4 is 29.4 Å². The Balaban J connectivity index is 1.75. The molecule has 3 rings (SSSR count). The first-order chi connectivity index (χ1) is 18.1. The Hall–Kier alpha value is -3.43. The number of amidine groups is 2. The molecule has 1 saturated heterocycles. The number of nitrogens with zero attached hydrogens (tertiary/aromatic N) is 2. The lowest BCUT2D eigenvalue weighted by Crippen LogP contribution is -2.57. The zero-order chi connectivity index (χ0) is 27.8. The Kier molecular flexibility index (Phi) is 10.3. The Bertz CT molecular complexity index is 1010. The number of likely N-dealkylation sites (tertiary alicyclic amines) is 1. The highest BCUT2D eigenvalue weighted by Crippen LogP contribution is 2.27. The molecule has 1 aliphatic carbocycles. The molecule has 10 nitrogen and oxygen atoms in total. The average molecular weight is 526 g/mol. The van der Waals surface area contributed by atoms with Crippen LogP contribution in [0.15, 0.2) is 24.3 Å². The largest absolute Gasteiger partial charge is 0.384 e. The lowest BCUT2D eigenvalue weighted by atomic mass is 9.83. The van der Waals surface area contributed by atoms with Gasteiger partial charge in [-0.15, -0.1) is 0 Å². The molecular weight excluding hydrogens is 482 g/mol. The highest BCUT2D eigenvalue weighted by atomic mass is 16.2. The van der Waals surface area contributed by atoms with Crippen molar-refractivity contribution in [2.45, 2.75) is 70.4 Å². The first-order valence-corrected chi connectivity index (χ1v) is 13.6. The van der Waals surface area contributed by atoms with Gasteiger partial charge in [0.25, 0.3) is 0 Å². The van der Waals surface area contributed by atoms with E-state index in [4.69, 9.17) is 16.6 Å². The van der Waals surface area contributed by atoms with Crippen LogP contribution < -0.4 is 16.4 Å². The molecule has 10 heteroatoms. The van der Waals surface area contributed by atoms with Crippen molar-refractivity contribution in [1.82, 2.24) is 20.4 Å². The van der Waals surface area contributed by atoms with Crippen molar-refractivity contribution in [3.05, 3.63) is 35.4 Å². The minimum Gasteiger partial charge on any atom is -0.384 e. The summed E-state index contributed by atoms with van der Waals surface area (Å²) in [6.07, 6.45) is 6.58. The van der Waals surface area contributed by atoms with Crippen LogP contribution in [-0.2, 0) is 20.8 Å². The lowest BCUT2D eigenvalue weighted by Gasteiger charge is -2.36. The van der Waals surface area contributed by atoms with Crippen LogP contribution in [0.3, 0.4) is 0 Å². The average Bonchev–Trinajstić information content (AvgIpc) is 2.90. The van der Waals surface area contributed by atoms with Gasteiger partial charge >= 0.3 is 0 Å². The maximum Gasteiger partial charge on any atom is 0.243 e. The molecule has 0 aromatic heterocycles. The van der Waals surface area contributed by atoms with E-state index in [1.807, 2.05) is 4.90 Å². The summed E-state index contributed by atoms with van der Waals surface area (Å²) < 4.78 is 0. The number of amides is 3. The molecule has 1 saturated carbocycles. The maximum absolute atomic E-state index is 13.6. The van der Waals surface area contributed by atoms with E-state index >= 15 is 0 Å². The van der Waals surface area contributed by atoms with Gasteiger partial charge in [-0.2, -0.15) is 0 Å². The fourth-order valence-electron chi connectivity index (χ4n) is 5.43. The van der Waals surface area contributed by atoms with Gasteiger partial charge in [0, 0.05) is 38.8 Å². The predicted molar refractivity (Wildman–Crippen MR) is 148 cm³/mol. The summed E-state index contributed by atoms with van der Waals surface area (Å²) in [5.41, 5.74) is 6.90. The summed E-state index contributed by atoms with van der Waals surface area (Å²) in [5.74, 6) is -1.41. The first-order valence-electron chi connectivity index (χ1n) is 13.6. The summed E-state index contributed by atoms with van der Waals surface area (Å²) in [4.78, 5) is 43.6. The molecule has 6 N–H and O–H groups in total. The fourth-order valence-corrected chi connectivity index (χ4v) is 5.43. The number of hydrogen-bond donors (Lipinski definition) is 5. The van der Waals surface area contributed by atoms with Crippen LogP contribution in [0.1, 0.15) is 63.0 Å². The molecular formula is C28H43N7O3. The van der Waals surface area contributed by atoms with Crippen LogP contribution in [-0.4, -0.2) is 78.5 Å². The number of nitrogens with two attached hydrogens (primary N) is 1. The van der Waals surface area contributed by atoms with Crippen LogP contribution in [0.2, 0.25) is 0 Å². The molecule has 2 atom stereocenters. The molecule has 0 bridgehead atoms. The van der Waals surface area contributed by atoms with Gasteiger partial charge in [-0.1, -0.05) is 43.5 Å². The third-order valence-corrected chi connectivity index (χ3v) is 7.78. The fraction of sp³-hybridized carbons (Fsp3) is 0.607. The van der Waals surface area contributed by atoms with Crippen LogP contribution in [0.5, 0.6) is 0 Å². The normalized spacial score (nSPS) is 18.2. The topological polar surface area (TPSA) is 155 Å². The molecule has 208 valence electrons. The van der Waals surface area contributed by atoms with Crippen LogP contribution in [0.25, 0.3) is 0 Å². The number of hydrogen-bond acceptors (Lipinski definition) is 5. The second-order valence-electron chi connectivity index (χ2n) is 10.8. The van der Waals surface area contributed by atoms with Gasteiger partial charge in [0.2, 0.25) is 17.7 Å². The van der Waals surface area contributed by atoms with Gasteiger partial charge < -0.3 is 26.2 Å². The van der Waals surface area contributed by atoms with E-state index in [1.165, 1.54) is 4.90 Å². The van der Waals surface area contributed by atoms with Gasteiger partial charge in [-0.3, -0.25) is 25.2 Å². The summed E-state index contributed by atoms with van der Waals surface area (Å²) in [5, 5.41) is 21.6. The predicted octanol–water partition coefficient (Wildman–Crippen LogP) is 1.86. The molecule has 0 spiro atoms. The van der Waals surface area contributed by atoms with Gasteiger partial charge in [0.15, 0.2) is 0 Å². The summed E-state index contributed by atoms with van der Waals surface area (Å²) in [6, 6.07) is 6.26. The minimum atomic E-state index is -0.981. The van der Waals surface area contributed by atoms with Gasteiger partial charge in [-0.05, 0) is 50.5 Å². The van der Waals surface area contributed by atoms with Crippen LogP contribution in [0, 0.1) is 22.7 Å². The monoisotopic (exact) mass is 525 g/mol. The van der Waals surface area contributed by atoms with Gasteiger partial charge in [0.1, 0.15) is 17.8 Å². The number of carbonyl (C=O) groups is 3. The summed E-state index contributed by atoms with van der Waals surface area (Å²) >= 11 is 0. The third kappa shape index (κ3) is 7.79. The number of piperidine rings is 1. The lowest BCUT2D eigenvalue weighted by molar-refractivity contribution is -0.142. The Morgan fingerprint density at radius 2 is 1.61 bits per heavy atom. The van der Waals surface area contributed by atoms with Crippen molar-refractivity contribution < 1.29 is 14.4 Å². The zero-order valence-corrected chi connectivity index (χ0v) is 22.9. The van der Waals surface area contributed by atoms with E-state index in [9.17, 15) is 14.4 Å². The molecule has 1 heterocycles. The molecule has 1 aliphatic heterocycles. The first kappa shape index (κ1) is 29.1. The van der Waals surface area contributed by atoms with E-state index in [0.29, 0.717) is 11.4 Å². The molecule has 38 heavy (non-hydrogen) atoms. The summed E-state index contributed by atoms with van der Waals surface area (Å²) in [7, 11) is 3.24. The van der Waals surface area contributed by atoms with E-state index in [-0.39, 0.29) is 36.0 Å². The number of nitrogens with one attached hydrogen (secondary N) is 4. The highest BCUT2D eigenvalue weighted by Gasteiger charge is 2.36. The molecule has 2 fully saturated rings. The Morgan fingerprint density at radius 1 is 1.00 bits per heavy atom. The van der Waals surface area contributed by atoms with Crippen LogP contribution >= 0.6 is 0 Å². The number of rotatable bonds is 9. The molecule has 1 unspecified atom stereocenters. The zero-order valence-electron chi connectivity index (χ0n) is 22.9. The molecule has 3 amide bonds. The van der Waals surface area contributed by atoms with Crippen molar-refractivity contribution in [2.75, 3.05) is 27.2 Å². The van der Waals surface area contributed by atoms with E-state index < -0.39 is 17.9 Å². The summed E-state index contributed by atoms with van der Waals surface area (Å²) in [6.45, 7) is 3.22. The van der Waals surface area contributed by atoms with E-state index in [2.05, 4.69) is 10.6 Å². The third-order valence-electron chi connectivity index (χ3n) is 7.78. The molecule has 2 aliphatic rings. The van der Waals surface area contributed by atoms with Gasteiger partial charge in [-0.25, -0.2) is 0 Å². The van der Waals surface area contributed by atoms with Gasteiger partial charge in [0.05, 0.1) is 5.84 Å². The smallest absolute Gasteiger partial charge is 0.243 e. The molecule has 1 aromatic carbocycles. The molecule has 0 radical (unpaired) electrons. The second kappa shape index (κ2) is 13.4. The SMILES string of the molecule is CC(=N)N1CCC(NC(=O)[C@@H](NC(=O)C(Cc2ccc(C(=N)N)cc2)C(=O)N(C)C)C2CCCCC2)CC1. The van der Waals surface area contributed by atoms with Crippen LogP contribution in [0.4, 0.5) is 0 Å². The van der Waals surface area contributed by atoms with E-state index in [1.54, 1.807) is 45.3 Å². The number of nitrogen functional groups attached to an aromatic ring is 1. The van der Waals surface area contributed by atoms with Crippen molar-refractivity contribution in [1.29, 1.82) is 10.8 Å². The molecule has 1 aromatic rings.